The van der Waals surface area contributed by atoms with Gasteiger partial charge in [-0.05, 0) is 53.6 Å². The van der Waals surface area contributed by atoms with E-state index in [0.29, 0.717) is 5.82 Å². The molecule has 4 heteroatoms. The smallest absolute Gasteiger partial charge is 0.160 e. The van der Waals surface area contributed by atoms with Gasteiger partial charge in [0.2, 0.25) is 0 Å². The van der Waals surface area contributed by atoms with Crippen molar-refractivity contribution < 1.29 is 8.83 Å². The molecule has 9 aromatic rings. The van der Waals surface area contributed by atoms with Gasteiger partial charge in [0, 0.05) is 44.3 Å². The zero-order valence-corrected chi connectivity index (χ0v) is 23.6. The second-order valence-electron chi connectivity index (χ2n) is 11.0. The Morgan fingerprint density at radius 3 is 1.32 bits per heavy atom. The van der Waals surface area contributed by atoms with Crippen molar-refractivity contribution in [1.29, 1.82) is 0 Å². The third-order valence-electron chi connectivity index (χ3n) is 8.29. The summed E-state index contributed by atoms with van der Waals surface area (Å²) in [6.45, 7) is 0. The molecule has 0 spiro atoms. The second kappa shape index (κ2) is 9.79. The summed E-state index contributed by atoms with van der Waals surface area (Å²) in [5, 5.41) is 4.19. The van der Waals surface area contributed by atoms with E-state index >= 15 is 0 Å². The Morgan fingerprint density at radius 2 is 0.773 bits per heavy atom. The zero-order chi connectivity index (χ0) is 29.0. The Kier molecular flexibility index (Phi) is 5.47. The largest absolute Gasteiger partial charge is 0.456 e. The Balaban J connectivity index is 1.23. The average molecular weight is 565 g/mol. The number of fused-ring (bicyclic) bond motifs is 6. The number of nitrogens with zero attached hydrogens (tertiary/aromatic N) is 2. The van der Waals surface area contributed by atoms with Crippen molar-refractivity contribution in [2.75, 3.05) is 0 Å². The zero-order valence-electron chi connectivity index (χ0n) is 23.6. The Labute approximate surface area is 252 Å². The highest BCUT2D eigenvalue weighted by Gasteiger charge is 2.16. The van der Waals surface area contributed by atoms with Crippen LogP contribution in [0.3, 0.4) is 0 Å². The van der Waals surface area contributed by atoms with E-state index in [1.807, 2.05) is 60.7 Å². The second-order valence-corrected chi connectivity index (χ2v) is 11.0. The number of hydrogen-bond acceptors (Lipinski definition) is 4. The van der Waals surface area contributed by atoms with E-state index in [2.05, 4.69) is 84.9 Å². The molecule has 0 aliphatic rings. The van der Waals surface area contributed by atoms with Crippen LogP contribution in [-0.4, -0.2) is 9.97 Å². The van der Waals surface area contributed by atoms with Crippen molar-refractivity contribution >= 4 is 43.9 Å². The minimum absolute atomic E-state index is 0.670. The maximum Gasteiger partial charge on any atom is 0.160 e. The van der Waals surface area contributed by atoms with Crippen LogP contribution in [0.25, 0.3) is 88.9 Å². The molecule has 44 heavy (non-hydrogen) atoms. The molecule has 9 rings (SSSR count). The first-order chi connectivity index (χ1) is 21.8. The maximum atomic E-state index is 6.33. The summed E-state index contributed by atoms with van der Waals surface area (Å²) in [4.78, 5) is 10.1. The van der Waals surface area contributed by atoms with Gasteiger partial charge >= 0.3 is 0 Å². The van der Waals surface area contributed by atoms with E-state index in [-0.39, 0.29) is 0 Å². The van der Waals surface area contributed by atoms with E-state index < -0.39 is 0 Å². The third-order valence-corrected chi connectivity index (χ3v) is 8.29. The molecule has 0 N–H and O–H groups in total. The first-order valence-corrected chi connectivity index (χ1v) is 14.7. The molecule has 3 aromatic heterocycles. The van der Waals surface area contributed by atoms with Crippen LogP contribution in [0.1, 0.15) is 0 Å². The highest BCUT2D eigenvalue weighted by Crippen LogP contribution is 2.39. The molecular formula is C40H24N2O2. The molecule has 0 atom stereocenters. The lowest BCUT2D eigenvalue weighted by Gasteiger charge is -2.09. The van der Waals surface area contributed by atoms with Crippen molar-refractivity contribution in [3.8, 4) is 45.0 Å². The van der Waals surface area contributed by atoms with Crippen molar-refractivity contribution in [3.63, 3.8) is 0 Å². The molecule has 0 fully saturated rings. The van der Waals surface area contributed by atoms with E-state index in [1.165, 1.54) is 5.56 Å². The van der Waals surface area contributed by atoms with Crippen LogP contribution < -0.4 is 0 Å². The number of aromatic nitrogens is 2. The van der Waals surface area contributed by atoms with Crippen molar-refractivity contribution in [2.45, 2.75) is 0 Å². The van der Waals surface area contributed by atoms with Crippen LogP contribution in [0.15, 0.2) is 154 Å². The predicted molar refractivity (Wildman–Crippen MR) is 178 cm³/mol. The Bertz CT molecular complexity index is 2420. The topological polar surface area (TPSA) is 52.1 Å². The van der Waals surface area contributed by atoms with E-state index in [4.69, 9.17) is 18.8 Å². The van der Waals surface area contributed by atoms with Crippen molar-refractivity contribution in [2.24, 2.45) is 0 Å². The van der Waals surface area contributed by atoms with Gasteiger partial charge in [-0.1, -0.05) is 97.1 Å². The summed E-state index contributed by atoms with van der Waals surface area (Å²) in [7, 11) is 0. The maximum absolute atomic E-state index is 6.33. The number of benzene rings is 6. The SMILES string of the molecule is c1ccc(-c2ccc3oc4cc5oc6ccc(-c7nc(-c8ccccc8)cc(-c8ccccc8)n7)cc6c5cc4c3c2)cc1. The van der Waals surface area contributed by atoms with E-state index in [9.17, 15) is 0 Å². The predicted octanol–water partition coefficient (Wildman–Crippen LogP) is 10.9. The molecule has 0 bridgehead atoms. The third kappa shape index (κ3) is 4.08. The molecular weight excluding hydrogens is 540 g/mol. The highest BCUT2D eigenvalue weighted by molar-refractivity contribution is 6.16. The molecule has 0 saturated heterocycles. The lowest BCUT2D eigenvalue weighted by molar-refractivity contribution is 0.656. The molecule has 0 unspecified atom stereocenters. The molecule has 0 radical (unpaired) electrons. The van der Waals surface area contributed by atoms with E-state index in [1.54, 1.807) is 0 Å². The van der Waals surface area contributed by atoms with Gasteiger partial charge in [-0.15, -0.1) is 0 Å². The molecule has 0 amide bonds. The summed E-state index contributed by atoms with van der Waals surface area (Å²) in [6, 6.07) is 49.7. The fourth-order valence-electron chi connectivity index (χ4n) is 6.09. The van der Waals surface area contributed by atoms with Gasteiger partial charge in [0.15, 0.2) is 5.82 Å². The standard InChI is InChI=1S/C40H24N2O2/c1-4-10-25(11-5-1)28-16-18-36-30(20-28)32-22-33-31-21-29(17-19-37(31)44-39(33)24-38(32)43-36)40-41-34(26-12-6-2-7-13-26)23-35(42-40)27-14-8-3-9-15-27/h1-24H. The summed E-state index contributed by atoms with van der Waals surface area (Å²) in [6.07, 6.45) is 0. The molecule has 4 nitrogen and oxygen atoms in total. The van der Waals surface area contributed by atoms with Crippen LogP contribution in [0.2, 0.25) is 0 Å². The van der Waals surface area contributed by atoms with Crippen LogP contribution >= 0.6 is 0 Å². The normalized spacial score (nSPS) is 11.6. The minimum Gasteiger partial charge on any atom is -0.456 e. The fraction of sp³-hybridized carbons (Fsp3) is 0. The molecule has 206 valence electrons. The lowest BCUT2D eigenvalue weighted by Crippen LogP contribution is -1.95. The quantitative estimate of drug-likeness (QED) is 0.213. The number of hydrogen-bond donors (Lipinski definition) is 0. The number of furan rings is 2. The monoisotopic (exact) mass is 564 g/mol. The molecule has 0 aliphatic carbocycles. The summed E-state index contributed by atoms with van der Waals surface area (Å²) in [5.41, 5.74) is 10.4. The Morgan fingerprint density at radius 1 is 0.318 bits per heavy atom. The average Bonchev–Trinajstić information content (AvgIpc) is 3.64. The van der Waals surface area contributed by atoms with Crippen molar-refractivity contribution in [1.82, 2.24) is 9.97 Å². The van der Waals surface area contributed by atoms with Gasteiger partial charge in [0.05, 0.1) is 11.4 Å². The Hall–Kier alpha value is -6.00. The van der Waals surface area contributed by atoms with Crippen LogP contribution in [0.5, 0.6) is 0 Å². The van der Waals surface area contributed by atoms with E-state index in [0.717, 1.165) is 77.5 Å². The van der Waals surface area contributed by atoms with Gasteiger partial charge < -0.3 is 8.83 Å². The van der Waals surface area contributed by atoms with Gasteiger partial charge in [0.25, 0.3) is 0 Å². The fourth-order valence-corrected chi connectivity index (χ4v) is 6.09. The summed E-state index contributed by atoms with van der Waals surface area (Å²) >= 11 is 0. The first kappa shape index (κ1) is 24.6. The summed E-state index contributed by atoms with van der Waals surface area (Å²) in [5.74, 6) is 0.670. The summed E-state index contributed by atoms with van der Waals surface area (Å²) < 4.78 is 12.6. The first-order valence-electron chi connectivity index (χ1n) is 14.7. The minimum atomic E-state index is 0.670. The highest BCUT2D eigenvalue weighted by atomic mass is 16.3. The number of rotatable bonds is 4. The molecule has 0 saturated carbocycles. The van der Waals surface area contributed by atoms with Crippen LogP contribution in [0.4, 0.5) is 0 Å². The van der Waals surface area contributed by atoms with Gasteiger partial charge in [-0.25, -0.2) is 9.97 Å². The van der Waals surface area contributed by atoms with Gasteiger partial charge in [-0.3, -0.25) is 0 Å². The molecule has 3 heterocycles. The van der Waals surface area contributed by atoms with Crippen LogP contribution in [-0.2, 0) is 0 Å². The van der Waals surface area contributed by atoms with Crippen molar-refractivity contribution in [3.05, 3.63) is 146 Å². The molecule has 0 aliphatic heterocycles. The lowest BCUT2D eigenvalue weighted by atomic mass is 10.0. The van der Waals surface area contributed by atoms with Gasteiger partial charge in [-0.2, -0.15) is 0 Å². The van der Waals surface area contributed by atoms with Gasteiger partial charge in [0.1, 0.15) is 22.3 Å². The van der Waals surface area contributed by atoms with Crippen LogP contribution in [0, 0.1) is 0 Å². The molecule has 6 aromatic carbocycles.